The molecule has 0 unspecified atom stereocenters. The van der Waals surface area contributed by atoms with E-state index in [1.54, 1.807) is 10.8 Å². The lowest BCUT2D eigenvalue weighted by molar-refractivity contribution is -0.122. The van der Waals surface area contributed by atoms with Crippen LogP contribution in [0.1, 0.15) is 41.7 Å². The number of benzene rings is 2. The average molecular weight is 422 g/mol. The molecule has 1 amide bonds. The second kappa shape index (κ2) is 9.12. The number of hydrogen-bond acceptors (Lipinski definition) is 5. The summed E-state index contributed by atoms with van der Waals surface area (Å²) in [5.74, 6) is 0.878. The molecule has 1 aliphatic rings. The van der Waals surface area contributed by atoms with Crippen molar-refractivity contribution in [2.24, 2.45) is 0 Å². The van der Waals surface area contributed by atoms with E-state index in [1.165, 1.54) is 7.11 Å². The minimum atomic E-state index is -0.422. The lowest BCUT2D eigenvalue weighted by atomic mass is 10.0. The van der Waals surface area contributed by atoms with E-state index < -0.39 is 5.97 Å². The number of esters is 1. The quantitative estimate of drug-likeness (QED) is 0.611. The molecule has 4 rings (SSSR count). The highest BCUT2D eigenvalue weighted by Crippen LogP contribution is 2.33. The fourth-order valence-electron chi connectivity index (χ4n) is 3.86. The highest BCUT2D eigenvalue weighted by Gasteiger charge is 2.20. The smallest absolute Gasteiger partial charge is 0.340 e. The predicted octanol–water partition coefficient (Wildman–Crippen LogP) is 3.86. The van der Waals surface area contributed by atoms with Crippen molar-refractivity contribution in [3.8, 4) is 11.5 Å². The summed E-state index contributed by atoms with van der Waals surface area (Å²) >= 11 is 0. The zero-order chi connectivity index (χ0) is 21.8. The number of amides is 1. The Hall–Kier alpha value is -3.48. The van der Waals surface area contributed by atoms with Crippen molar-refractivity contribution in [3.63, 3.8) is 0 Å². The number of ether oxygens (including phenoxy) is 3. The third-order valence-electron chi connectivity index (χ3n) is 5.43. The van der Waals surface area contributed by atoms with Crippen LogP contribution < -0.4 is 14.8 Å². The van der Waals surface area contributed by atoms with Crippen LogP contribution in [0.3, 0.4) is 0 Å². The van der Waals surface area contributed by atoms with Crippen LogP contribution in [0.4, 0.5) is 0 Å². The summed E-state index contributed by atoms with van der Waals surface area (Å²) in [6, 6.07) is 13.1. The molecule has 1 atom stereocenters. The molecule has 2 aromatic carbocycles. The Morgan fingerprint density at radius 1 is 1.13 bits per heavy atom. The van der Waals surface area contributed by atoms with Gasteiger partial charge in [-0.15, -0.1) is 0 Å². The number of carbonyl (C=O) groups is 2. The van der Waals surface area contributed by atoms with E-state index in [0.29, 0.717) is 24.5 Å². The Balaban J connectivity index is 1.53. The molecular weight excluding hydrogens is 396 g/mol. The average Bonchev–Trinajstić information content (AvgIpc) is 2.98. The molecule has 0 saturated heterocycles. The fraction of sp³-hybridized carbons (Fsp3) is 0.333. The zero-order valence-corrected chi connectivity index (χ0v) is 17.7. The molecule has 1 aliphatic heterocycles. The van der Waals surface area contributed by atoms with E-state index in [2.05, 4.69) is 5.32 Å². The number of nitrogens with one attached hydrogen (secondary N) is 1. The molecule has 7 heteroatoms. The number of aromatic nitrogens is 1. The molecule has 0 saturated carbocycles. The van der Waals surface area contributed by atoms with Crippen LogP contribution in [0.25, 0.3) is 10.9 Å². The van der Waals surface area contributed by atoms with E-state index in [4.69, 9.17) is 14.2 Å². The molecule has 2 heterocycles. The van der Waals surface area contributed by atoms with E-state index in [9.17, 15) is 9.59 Å². The van der Waals surface area contributed by atoms with Gasteiger partial charge < -0.3 is 24.1 Å². The summed E-state index contributed by atoms with van der Waals surface area (Å²) in [6.07, 6.45) is 3.24. The van der Waals surface area contributed by atoms with E-state index in [1.807, 2.05) is 49.4 Å². The van der Waals surface area contributed by atoms with Crippen molar-refractivity contribution in [2.45, 2.75) is 32.4 Å². The summed E-state index contributed by atoms with van der Waals surface area (Å²) in [5, 5.41) is 3.86. The van der Waals surface area contributed by atoms with E-state index in [0.717, 1.165) is 35.1 Å². The molecule has 0 radical (unpaired) electrons. The minimum Gasteiger partial charge on any atom is -0.490 e. The molecule has 3 aromatic rings. The molecule has 0 aliphatic carbocycles. The van der Waals surface area contributed by atoms with E-state index >= 15 is 0 Å². The van der Waals surface area contributed by atoms with Gasteiger partial charge in [-0.2, -0.15) is 0 Å². The summed E-state index contributed by atoms with van der Waals surface area (Å²) in [6.45, 7) is 3.37. The first kappa shape index (κ1) is 20.8. The Morgan fingerprint density at radius 3 is 2.68 bits per heavy atom. The van der Waals surface area contributed by atoms with Crippen LogP contribution >= 0.6 is 0 Å². The molecule has 31 heavy (non-hydrogen) atoms. The van der Waals surface area contributed by atoms with Gasteiger partial charge in [0.2, 0.25) is 5.91 Å². The topological polar surface area (TPSA) is 78.8 Å². The lowest BCUT2D eigenvalue weighted by Gasteiger charge is -2.19. The maximum absolute atomic E-state index is 12.9. The number of nitrogens with zero attached hydrogens (tertiary/aromatic N) is 1. The van der Waals surface area contributed by atoms with Gasteiger partial charge in [-0.3, -0.25) is 4.79 Å². The molecule has 0 spiro atoms. The first-order valence-electron chi connectivity index (χ1n) is 10.5. The van der Waals surface area contributed by atoms with Gasteiger partial charge in [-0.25, -0.2) is 4.79 Å². The molecular formula is C24H26N2O5. The fourth-order valence-corrected chi connectivity index (χ4v) is 3.86. The Kier molecular flexibility index (Phi) is 6.11. The summed E-state index contributed by atoms with van der Waals surface area (Å²) in [4.78, 5) is 25.0. The van der Waals surface area contributed by atoms with E-state index in [-0.39, 0.29) is 18.5 Å². The van der Waals surface area contributed by atoms with Gasteiger partial charge in [-0.05, 0) is 30.2 Å². The number of carbonyl (C=O) groups excluding carboxylic acids is 2. The van der Waals surface area contributed by atoms with Gasteiger partial charge in [0.25, 0.3) is 0 Å². The highest BCUT2D eigenvalue weighted by atomic mass is 16.5. The van der Waals surface area contributed by atoms with Gasteiger partial charge in [0, 0.05) is 23.5 Å². The normalized spacial score (nSPS) is 14.0. The Morgan fingerprint density at radius 2 is 1.90 bits per heavy atom. The predicted molar refractivity (Wildman–Crippen MR) is 117 cm³/mol. The van der Waals surface area contributed by atoms with Crippen molar-refractivity contribution in [1.29, 1.82) is 0 Å². The summed E-state index contributed by atoms with van der Waals surface area (Å²) in [5.41, 5.74) is 2.22. The number of methoxy groups -OCH3 is 1. The maximum atomic E-state index is 12.9. The monoisotopic (exact) mass is 422 g/mol. The van der Waals surface area contributed by atoms with Gasteiger partial charge >= 0.3 is 5.97 Å². The van der Waals surface area contributed by atoms with Crippen molar-refractivity contribution >= 4 is 22.8 Å². The van der Waals surface area contributed by atoms with Gasteiger partial charge in [0.1, 0.15) is 6.54 Å². The van der Waals surface area contributed by atoms with Gasteiger partial charge in [0.05, 0.1) is 31.9 Å². The van der Waals surface area contributed by atoms with Crippen molar-refractivity contribution in [2.75, 3.05) is 20.3 Å². The standard InChI is InChI=1S/C24H26N2O5/c1-3-19(16-9-10-21-22(13-16)31-12-6-11-30-21)25-23(27)15-26-14-18(24(28)29-2)17-7-4-5-8-20(17)26/h4-5,7-10,13-14,19H,3,6,11-12,15H2,1-2H3,(H,25,27)/t19-/m1/s1. The number of rotatable bonds is 6. The third-order valence-corrected chi connectivity index (χ3v) is 5.43. The molecule has 1 N–H and O–H groups in total. The molecule has 0 fully saturated rings. The number of hydrogen-bond donors (Lipinski definition) is 1. The molecule has 0 bridgehead atoms. The first-order valence-corrected chi connectivity index (χ1v) is 10.5. The maximum Gasteiger partial charge on any atom is 0.340 e. The van der Waals surface area contributed by atoms with Gasteiger partial charge in [-0.1, -0.05) is 31.2 Å². The first-order chi connectivity index (χ1) is 15.1. The van der Waals surface area contributed by atoms with Crippen molar-refractivity contribution in [1.82, 2.24) is 9.88 Å². The van der Waals surface area contributed by atoms with Crippen molar-refractivity contribution < 1.29 is 23.8 Å². The van der Waals surface area contributed by atoms with Crippen molar-refractivity contribution in [3.05, 3.63) is 59.8 Å². The SMILES string of the molecule is CC[C@@H](NC(=O)Cn1cc(C(=O)OC)c2ccccc21)c1ccc2c(c1)OCCCO2. The molecule has 7 nitrogen and oxygen atoms in total. The van der Waals surface area contributed by atoms with Crippen LogP contribution in [0, 0.1) is 0 Å². The van der Waals surface area contributed by atoms with Crippen LogP contribution in [-0.4, -0.2) is 36.8 Å². The largest absolute Gasteiger partial charge is 0.490 e. The lowest BCUT2D eigenvalue weighted by Crippen LogP contribution is -2.31. The number of para-hydroxylation sites is 1. The Labute approximate surface area is 180 Å². The second-order valence-corrected chi connectivity index (χ2v) is 7.46. The molecule has 1 aromatic heterocycles. The number of fused-ring (bicyclic) bond motifs is 2. The zero-order valence-electron chi connectivity index (χ0n) is 17.7. The van der Waals surface area contributed by atoms with Crippen LogP contribution in [-0.2, 0) is 16.1 Å². The van der Waals surface area contributed by atoms with Crippen LogP contribution in [0.5, 0.6) is 11.5 Å². The van der Waals surface area contributed by atoms with Crippen LogP contribution in [0.2, 0.25) is 0 Å². The summed E-state index contributed by atoms with van der Waals surface area (Å²) in [7, 11) is 1.35. The third kappa shape index (κ3) is 4.35. The Bertz CT molecular complexity index is 1100. The van der Waals surface area contributed by atoms with Crippen LogP contribution in [0.15, 0.2) is 48.7 Å². The van der Waals surface area contributed by atoms with Gasteiger partial charge in [0.15, 0.2) is 11.5 Å². The highest BCUT2D eigenvalue weighted by molar-refractivity contribution is 6.04. The summed E-state index contributed by atoms with van der Waals surface area (Å²) < 4.78 is 18.1. The molecule has 162 valence electrons. The minimum absolute atomic E-state index is 0.0958. The second-order valence-electron chi connectivity index (χ2n) is 7.46.